The molecule has 2 amide bonds. The van der Waals surface area contributed by atoms with Crippen molar-refractivity contribution in [3.63, 3.8) is 0 Å². The Morgan fingerprint density at radius 3 is 2.00 bits per heavy atom. The number of rotatable bonds is 2. The van der Waals surface area contributed by atoms with Crippen molar-refractivity contribution in [1.29, 1.82) is 0 Å². The summed E-state index contributed by atoms with van der Waals surface area (Å²) in [6.45, 7) is 1.70. The number of anilines is 1. The highest BCUT2D eigenvalue weighted by Gasteiger charge is 2.68. The molecule has 0 unspecified atom stereocenters. The highest BCUT2D eigenvalue weighted by Crippen LogP contribution is 2.64. The number of hydrogen-bond acceptors (Lipinski definition) is 3. The maximum atomic E-state index is 13.9. The van der Waals surface area contributed by atoms with Crippen molar-refractivity contribution in [2.45, 2.75) is 18.3 Å². The van der Waals surface area contributed by atoms with Gasteiger partial charge in [0.2, 0.25) is 11.8 Å². The van der Waals surface area contributed by atoms with Gasteiger partial charge in [-0.2, -0.15) is 0 Å². The van der Waals surface area contributed by atoms with Gasteiger partial charge in [0.25, 0.3) is 0 Å². The van der Waals surface area contributed by atoms with Gasteiger partial charge < -0.3 is 5.11 Å². The molecule has 0 saturated carbocycles. The zero-order valence-electron chi connectivity index (χ0n) is 16.6. The lowest BCUT2D eigenvalue weighted by Crippen LogP contribution is -2.55. The second-order valence-corrected chi connectivity index (χ2v) is 8.58. The van der Waals surface area contributed by atoms with Crippen molar-refractivity contribution in [3.8, 4) is 0 Å². The van der Waals surface area contributed by atoms with E-state index in [0.717, 1.165) is 27.8 Å². The number of amides is 2. The summed E-state index contributed by atoms with van der Waals surface area (Å²) in [5.74, 6) is -1.66. The summed E-state index contributed by atoms with van der Waals surface area (Å²) < 4.78 is 0. The van der Waals surface area contributed by atoms with Gasteiger partial charge >= 0.3 is 0 Å². The summed E-state index contributed by atoms with van der Waals surface area (Å²) in [5.41, 5.74) is 4.69. The third kappa shape index (κ3) is 1.86. The number of aliphatic hydroxyl groups is 1. The second-order valence-electron chi connectivity index (χ2n) is 8.58. The van der Waals surface area contributed by atoms with Gasteiger partial charge in [-0.3, -0.25) is 9.59 Å². The molecule has 0 aromatic heterocycles. The molecule has 0 radical (unpaired) electrons. The minimum absolute atomic E-state index is 0.161. The van der Waals surface area contributed by atoms with E-state index in [0.29, 0.717) is 5.69 Å². The summed E-state index contributed by atoms with van der Waals surface area (Å²) >= 11 is 0. The van der Waals surface area contributed by atoms with E-state index in [1.54, 1.807) is 0 Å². The summed E-state index contributed by atoms with van der Waals surface area (Å²) in [6.07, 6.45) is 0. The van der Waals surface area contributed by atoms with Crippen molar-refractivity contribution in [3.05, 3.63) is 101 Å². The van der Waals surface area contributed by atoms with E-state index in [4.69, 9.17) is 0 Å². The van der Waals surface area contributed by atoms with Crippen LogP contribution in [0.5, 0.6) is 0 Å². The zero-order valence-corrected chi connectivity index (χ0v) is 16.6. The molecule has 4 aliphatic rings. The molecular formula is C26H21NO3. The highest BCUT2D eigenvalue weighted by atomic mass is 16.3. The van der Waals surface area contributed by atoms with Crippen molar-refractivity contribution < 1.29 is 14.7 Å². The number of hydrogen-bond donors (Lipinski definition) is 1. The molecule has 1 aliphatic heterocycles. The van der Waals surface area contributed by atoms with Crippen LogP contribution >= 0.6 is 0 Å². The fourth-order valence-corrected chi connectivity index (χ4v) is 6.25. The predicted molar refractivity (Wildman–Crippen MR) is 113 cm³/mol. The Bertz CT molecular complexity index is 1180. The van der Waals surface area contributed by atoms with Crippen molar-refractivity contribution in [2.24, 2.45) is 11.8 Å². The molecule has 4 nitrogen and oxygen atoms in total. The minimum atomic E-state index is -0.906. The van der Waals surface area contributed by atoms with Gasteiger partial charge in [0.15, 0.2) is 0 Å². The Hall–Kier alpha value is -3.24. The van der Waals surface area contributed by atoms with Crippen LogP contribution in [0.2, 0.25) is 0 Å². The van der Waals surface area contributed by atoms with Crippen LogP contribution in [-0.4, -0.2) is 23.5 Å². The van der Waals surface area contributed by atoms with Crippen LogP contribution in [0.4, 0.5) is 5.69 Å². The average molecular weight is 395 g/mol. The smallest absolute Gasteiger partial charge is 0.239 e. The normalized spacial score (nSPS) is 28.3. The molecule has 4 heteroatoms. The van der Waals surface area contributed by atoms with Crippen LogP contribution in [0.25, 0.3) is 0 Å². The molecule has 1 heterocycles. The molecular weight excluding hydrogens is 374 g/mol. The van der Waals surface area contributed by atoms with E-state index in [2.05, 4.69) is 0 Å². The van der Waals surface area contributed by atoms with Gasteiger partial charge in [0.1, 0.15) is 0 Å². The minimum Gasteiger partial charge on any atom is -0.395 e. The number of carbonyl (C=O) groups excluding carboxylic acids is 2. The molecule has 0 spiro atoms. The average Bonchev–Trinajstić information content (AvgIpc) is 3.05. The number of aliphatic hydroxyl groups excluding tert-OH is 1. The third-order valence-corrected chi connectivity index (χ3v) is 7.40. The van der Waals surface area contributed by atoms with Crippen molar-refractivity contribution >= 4 is 17.5 Å². The first-order valence-electron chi connectivity index (χ1n) is 10.3. The summed E-state index contributed by atoms with van der Waals surface area (Å²) in [7, 11) is 0. The van der Waals surface area contributed by atoms with Crippen LogP contribution in [-0.2, 0) is 15.0 Å². The molecule has 2 bridgehead atoms. The number of aryl methyl sites for hydroxylation is 1. The summed E-state index contributed by atoms with van der Waals surface area (Å²) in [4.78, 5) is 29.0. The molecule has 3 aliphatic carbocycles. The first kappa shape index (κ1) is 17.6. The van der Waals surface area contributed by atoms with E-state index in [1.807, 2.05) is 79.7 Å². The molecule has 2 atom stereocenters. The third-order valence-electron chi connectivity index (χ3n) is 7.40. The Balaban J connectivity index is 1.66. The Kier molecular flexibility index (Phi) is 3.46. The molecule has 1 saturated heterocycles. The predicted octanol–water partition coefficient (Wildman–Crippen LogP) is 3.54. The lowest BCUT2D eigenvalue weighted by Gasteiger charge is -2.53. The number of nitrogens with zero attached hydrogens (tertiary/aromatic N) is 1. The first-order valence-corrected chi connectivity index (χ1v) is 10.3. The molecule has 1 N–H and O–H groups in total. The largest absolute Gasteiger partial charge is 0.395 e. The Labute approximate surface area is 174 Å². The maximum absolute atomic E-state index is 13.9. The standard InChI is InChI=1S/C26H21NO3/c1-15-8-2-7-13-20(15)27-24(29)22-21-16-9-3-5-11-18(16)26(14-28,23(22)25(27)30)19-12-6-4-10-17(19)21/h2-13,21-23,28H,14H2,1H3/t21?,22-,23-,26?/m1/s1. The fourth-order valence-electron chi connectivity index (χ4n) is 6.25. The van der Waals surface area contributed by atoms with Crippen LogP contribution < -0.4 is 4.90 Å². The van der Waals surface area contributed by atoms with E-state index in [-0.39, 0.29) is 24.3 Å². The Morgan fingerprint density at radius 2 is 1.40 bits per heavy atom. The van der Waals surface area contributed by atoms with E-state index < -0.39 is 17.3 Å². The zero-order chi connectivity index (χ0) is 20.6. The first-order chi connectivity index (χ1) is 14.6. The van der Waals surface area contributed by atoms with Gasteiger partial charge in [-0.1, -0.05) is 66.7 Å². The monoisotopic (exact) mass is 395 g/mol. The SMILES string of the molecule is Cc1ccccc1N1C(=O)[C@@H]2C3c4ccccc4C(CO)(c4ccccc43)[C@H]2C1=O. The second kappa shape index (κ2) is 5.89. The van der Waals surface area contributed by atoms with Gasteiger partial charge in [-0.25, -0.2) is 4.90 Å². The Morgan fingerprint density at radius 1 is 0.833 bits per heavy atom. The summed E-state index contributed by atoms with van der Waals surface area (Å²) in [5, 5.41) is 10.8. The van der Waals surface area contributed by atoms with Crippen molar-refractivity contribution in [1.82, 2.24) is 0 Å². The number of benzene rings is 3. The van der Waals surface area contributed by atoms with Crippen LogP contribution in [0.1, 0.15) is 33.7 Å². The maximum Gasteiger partial charge on any atom is 0.239 e. The molecule has 30 heavy (non-hydrogen) atoms. The topological polar surface area (TPSA) is 57.6 Å². The molecule has 3 aromatic rings. The molecule has 3 aromatic carbocycles. The van der Waals surface area contributed by atoms with E-state index in [1.165, 1.54) is 4.90 Å². The van der Waals surface area contributed by atoms with E-state index in [9.17, 15) is 14.7 Å². The van der Waals surface area contributed by atoms with Crippen LogP contribution in [0, 0.1) is 18.8 Å². The fraction of sp³-hybridized carbons (Fsp3) is 0.231. The van der Waals surface area contributed by atoms with Gasteiger partial charge in [0.05, 0.1) is 29.5 Å². The number of imide groups is 1. The summed E-state index contributed by atoms with van der Waals surface area (Å²) in [6, 6.07) is 23.5. The lowest BCUT2D eigenvalue weighted by molar-refractivity contribution is -0.124. The molecule has 148 valence electrons. The molecule has 1 fully saturated rings. The van der Waals surface area contributed by atoms with Crippen molar-refractivity contribution in [2.75, 3.05) is 11.5 Å². The van der Waals surface area contributed by atoms with Crippen LogP contribution in [0.3, 0.4) is 0 Å². The van der Waals surface area contributed by atoms with E-state index >= 15 is 0 Å². The number of carbonyl (C=O) groups is 2. The van der Waals surface area contributed by atoms with Gasteiger partial charge in [-0.05, 0) is 40.8 Å². The lowest BCUT2D eigenvalue weighted by atomic mass is 9.47. The quantitative estimate of drug-likeness (QED) is 0.676. The molecule has 7 rings (SSSR count). The van der Waals surface area contributed by atoms with Gasteiger partial charge in [0, 0.05) is 5.92 Å². The number of para-hydroxylation sites is 1. The highest BCUT2D eigenvalue weighted by molar-refractivity contribution is 6.24. The van der Waals surface area contributed by atoms with Gasteiger partial charge in [-0.15, -0.1) is 0 Å². The van der Waals surface area contributed by atoms with Crippen LogP contribution in [0.15, 0.2) is 72.8 Å².